The maximum absolute atomic E-state index is 13.9. The number of rotatable bonds is 4. The van der Waals surface area contributed by atoms with Gasteiger partial charge < -0.3 is 19.9 Å². The normalized spacial score (nSPS) is 22.3. The van der Waals surface area contributed by atoms with Gasteiger partial charge in [0.15, 0.2) is 11.4 Å². The molecule has 4 rings (SSSR count). The fourth-order valence-corrected chi connectivity index (χ4v) is 4.71. The molecular formula is C23H25F2N3O4. The first-order chi connectivity index (χ1) is 15.2. The summed E-state index contributed by atoms with van der Waals surface area (Å²) >= 11 is 0. The van der Waals surface area contributed by atoms with E-state index in [1.54, 1.807) is 9.47 Å². The number of hydrogen-bond donors (Lipinski definition) is 2. The summed E-state index contributed by atoms with van der Waals surface area (Å²) in [6.07, 6.45) is 3.81. The minimum atomic E-state index is -0.959. The quantitative estimate of drug-likeness (QED) is 0.757. The highest BCUT2D eigenvalue weighted by atomic mass is 19.1. The molecule has 2 N–H and O–H groups in total. The topological polar surface area (TPSA) is 91.6 Å². The van der Waals surface area contributed by atoms with Gasteiger partial charge in [-0.15, -0.1) is 0 Å². The van der Waals surface area contributed by atoms with Gasteiger partial charge in [0.25, 0.3) is 11.8 Å². The summed E-state index contributed by atoms with van der Waals surface area (Å²) in [7, 11) is 0. The molecule has 2 aliphatic rings. The minimum absolute atomic E-state index is 0.0511. The Morgan fingerprint density at radius 1 is 1.31 bits per heavy atom. The van der Waals surface area contributed by atoms with Crippen molar-refractivity contribution >= 4 is 11.8 Å². The molecule has 32 heavy (non-hydrogen) atoms. The highest BCUT2D eigenvalue weighted by Crippen LogP contribution is 2.45. The molecule has 2 aromatic rings. The second-order valence-corrected chi connectivity index (χ2v) is 8.77. The van der Waals surface area contributed by atoms with Gasteiger partial charge in [-0.25, -0.2) is 8.78 Å². The van der Waals surface area contributed by atoms with E-state index in [9.17, 15) is 28.3 Å². The molecule has 1 aromatic heterocycles. The van der Waals surface area contributed by atoms with Gasteiger partial charge in [-0.3, -0.25) is 14.4 Å². The predicted molar refractivity (Wildman–Crippen MR) is 112 cm³/mol. The zero-order valence-electron chi connectivity index (χ0n) is 18.0. The summed E-state index contributed by atoms with van der Waals surface area (Å²) in [4.78, 5) is 40.1. The van der Waals surface area contributed by atoms with Crippen LogP contribution in [0.25, 0.3) is 0 Å². The maximum atomic E-state index is 13.9. The van der Waals surface area contributed by atoms with E-state index in [0.29, 0.717) is 19.2 Å². The molecule has 170 valence electrons. The van der Waals surface area contributed by atoms with Crippen molar-refractivity contribution in [2.45, 2.75) is 45.7 Å². The molecule has 3 heterocycles. The van der Waals surface area contributed by atoms with Gasteiger partial charge in [0.1, 0.15) is 17.2 Å². The number of amides is 2. The lowest BCUT2D eigenvalue weighted by atomic mass is 9.76. The molecule has 9 heteroatoms. The van der Waals surface area contributed by atoms with E-state index in [4.69, 9.17) is 0 Å². The highest BCUT2D eigenvalue weighted by molar-refractivity contribution is 5.99. The predicted octanol–water partition coefficient (Wildman–Crippen LogP) is 2.97. The van der Waals surface area contributed by atoms with Crippen molar-refractivity contribution in [1.29, 1.82) is 0 Å². The molecule has 2 atom stereocenters. The molecule has 0 unspecified atom stereocenters. The summed E-state index contributed by atoms with van der Waals surface area (Å²) in [5.74, 6) is -3.57. The van der Waals surface area contributed by atoms with Gasteiger partial charge in [0.2, 0.25) is 5.43 Å². The van der Waals surface area contributed by atoms with Crippen molar-refractivity contribution < 1.29 is 23.5 Å². The van der Waals surface area contributed by atoms with Crippen LogP contribution in [0.4, 0.5) is 8.78 Å². The van der Waals surface area contributed by atoms with Crippen LogP contribution in [0.15, 0.2) is 29.2 Å². The molecule has 0 spiro atoms. The van der Waals surface area contributed by atoms with Crippen LogP contribution < -0.4 is 10.7 Å². The summed E-state index contributed by atoms with van der Waals surface area (Å²) < 4.78 is 28.5. The molecule has 0 saturated carbocycles. The first-order valence-electron chi connectivity index (χ1n) is 10.7. The number of fused-ring (bicyclic) bond motifs is 4. The maximum Gasteiger partial charge on any atom is 0.274 e. The first kappa shape index (κ1) is 22.0. The van der Waals surface area contributed by atoms with Crippen LogP contribution in [0.5, 0.6) is 5.75 Å². The Morgan fingerprint density at radius 2 is 2.06 bits per heavy atom. The molecular weight excluding hydrogens is 420 g/mol. The average molecular weight is 445 g/mol. The average Bonchev–Trinajstić information content (AvgIpc) is 2.91. The Kier molecular flexibility index (Phi) is 5.52. The number of nitrogens with one attached hydrogen (secondary N) is 1. The Labute approximate surface area is 183 Å². The van der Waals surface area contributed by atoms with Crippen LogP contribution >= 0.6 is 0 Å². The third-order valence-electron chi connectivity index (χ3n) is 6.92. The summed E-state index contributed by atoms with van der Waals surface area (Å²) in [5, 5.41) is 13.1. The standard InChI is InChI=1S/C23H25F2N3O4/c1-3-23(2)7-4-8-27-12-17(23)28-11-15(19(29)20(30)18(28)22(27)32)21(31)26-10-13-5-6-14(24)9-16(13)25/h5-6,9,11,17,30H,3-4,7-8,10,12H2,1-2H3,(H,26,31)/t17-,23-/m1/s1. The summed E-state index contributed by atoms with van der Waals surface area (Å²) in [6.45, 7) is 4.87. The Hall–Kier alpha value is -3.23. The van der Waals surface area contributed by atoms with Crippen LogP contribution in [-0.2, 0) is 6.54 Å². The fourth-order valence-electron chi connectivity index (χ4n) is 4.71. The third kappa shape index (κ3) is 3.55. The van der Waals surface area contributed by atoms with Crippen molar-refractivity contribution in [3.63, 3.8) is 0 Å². The number of carbonyl (C=O) groups is 2. The van der Waals surface area contributed by atoms with Crippen LogP contribution in [-0.4, -0.2) is 39.5 Å². The largest absolute Gasteiger partial charge is 0.503 e. The van der Waals surface area contributed by atoms with E-state index in [1.807, 2.05) is 0 Å². The number of aromatic nitrogens is 1. The molecule has 1 fully saturated rings. The number of aromatic hydroxyl groups is 1. The Balaban J connectivity index is 1.73. The van der Waals surface area contributed by atoms with Gasteiger partial charge in [0, 0.05) is 37.5 Å². The second-order valence-electron chi connectivity index (χ2n) is 8.77. The lowest BCUT2D eigenvalue weighted by Crippen LogP contribution is -2.47. The number of carbonyl (C=O) groups excluding carboxylic acids is 2. The molecule has 0 aliphatic carbocycles. The lowest BCUT2D eigenvalue weighted by Gasteiger charge is -2.42. The van der Waals surface area contributed by atoms with E-state index in [0.717, 1.165) is 25.3 Å². The SMILES string of the molecule is CC[C@]1(C)CCCN2C[C@H]1n1cc(C(=O)NCc3ccc(F)cc3F)c(=O)c(O)c1C2=O. The molecule has 2 aliphatic heterocycles. The zero-order chi connectivity index (χ0) is 23.2. The molecule has 2 bridgehead atoms. The van der Waals surface area contributed by atoms with Crippen LogP contribution in [0, 0.1) is 17.0 Å². The fraction of sp³-hybridized carbons (Fsp3) is 0.435. The van der Waals surface area contributed by atoms with E-state index in [-0.39, 0.29) is 34.8 Å². The molecule has 1 saturated heterocycles. The van der Waals surface area contributed by atoms with Crippen molar-refractivity contribution in [3.8, 4) is 5.75 Å². The zero-order valence-corrected chi connectivity index (χ0v) is 18.0. The molecule has 7 nitrogen and oxygen atoms in total. The van der Waals surface area contributed by atoms with E-state index < -0.39 is 34.6 Å². The molecule has 1 aromatic carbocycles. The summed E-state index contributed by atoms with van der Waals surface area (Å²) in [5.41, 5.74) is -1.54. The minimum Gasteiger partial charge on any atom is -0.503 e. The monoisotopic (exact) mass is 445 g/mol. The van der Waals surface area contributed by atoms with E-state index in [2.05, 4.69) is 19.2 Å². The van der Waals surface area contributed by atoms with Crippen molar-refractivity contribution in [1.82, 2.24) is 14.8 Å². The van der Waals surface area contributed by atoms with E-state index >= 15 is 0 Å². The van der Waals surface area contributed by atoms with Crippen LogP contribution in [0.2, 0.25) is 0 Å². The highest BCUT2D eigenvalue weighted by Gasteiger charge is 2.44. The van der Waals surface area contributed by atoms with Crippen molar-refractivity contribution in [2.24, 2.45) is 5.41 Å². The first-order valence-corrected chi connectivity index (χ1v) is 10.7. The van der Waals surface area contributed by atoms with Crippen LogP contribution in [0.1, 0.15) is 65.6 Å². The lowest BCUT2D eigenvalue weighted by molar-refractivity contribution is 0.0601. The summed E-state index contributed by atoms with van der Waals surface area (Å²) in [6, 6.07) is 2.76. The number of benzene rings is 1. The number of pyridine rings is 1. The van der Waals surface area contributed by atoms with Crippen molar-refractivity contribution in [2.75, 3.05) is 13.1 Å². The smallest absolute Gasteiger partial charge is 0.274 e. The van der Waals surface area contributed by atoms with Gasteiger partial charge in [0.05, 0.1) is 6.04 Å². The molecule has 0 radical (unpaired) electrons. The number of hydrogen-bond acceptors (Lipinski definition) is 4. The van der Waals surface area contributed by atoms with Crippen molar-refractivity contribution in [3.05, 3.63) is 63.1 Å². The number of nitrogens with zero attached hydrogens (tertiary/aromatic N) is 2. The second kappa shape index (κ2) is 8.03. The Bertz CT molecular complexity index is 1160. The van der Waals surface area contributed by atoms with E-state index in [1.165, 1.54) is 12.3 Å². The van der Waals surface area contributed by atoms with Crippen LogP contribution in [0.3, 0.4) is 0 Å². The number of halogens is 2. The molecule has 2 amide bonds. The van der Waals surface area contributed by atoms with Gasteiger partial charge in [-0.2, -0.15) is 0 Å². The third-order valence-corrected chi connectivity index (χ3v) is 6.92. The van der Waals surface area contributed by atoms with Gasteiger partial charge in [-0.1, -0.05) is 19.9 Å². The van der Waals surface area contributed by atoms with Gasteiger partial charge >= 0.3 is 0 Å². The van der Waals surface area contributed by atoms with Gasteiger partial charge in [-0.05, 0) is 30.7 Å². The Morgan fingerprint density at radius 3 is 2.75 bits per heavy atom.